The van der Waals surface area contributed by atoms with Crippen molar-refractivity contribution >= 4 is 23.2 Å². The van der Waals surface area contributed by atoms with Crippen LogP contribution in [0.2, 0.25) is 5.02 Å². The molecule has 0 spiro atoms. The molecule has 8 heteroatoms. The van der Waals surface area contributed by atoms with Gasteiger partial charge in [-0.3, -0.25) is 9.69 Å². The third kappa shape index (κ3) is 4.59. The highest BCUT2D eigenvalue weighted by molar-refractivity contribution is 6.31. The molecule has 0 bridgehead atoms. The van der Waals surface area contributed by atoms with Crippen molar-refractivity contribution in [2.45, 2.75) is 6.18 Å². The third-order valence-electron chi connectivity index (χ3n) is 3.52. The van der Waals surface area contributed by atoms with Crippen LogP contribution in [0.15, 0.2) is 18.2 Å². The van der Waals surface area contributed by atoms with E-state index in [2.05, 4.69) is 10.2 Å². The molecule has 0 atom stereocenters. The fourth-order valence-electron chi connectivity index (χ4n) is 2.23. The van der Waals surface area contributed by atoms with E-state index in [1.165, 1.54) is 6.07 Å². The van der Waals surface area contributed by atoms with Crippen LogP contribution in [0.5, 0.6) is 0 Å². The number of piperazine rings is 1. The van der Waals surface area contributed by atoms with Crippen molar-refractivity contribution in [3.05, 3.63) is 28.8 Å². The van der Waals surface area contributed by atoms with Crippen molar-refractivity contribution in [1.29, 1.82) is 0 Å². The molecule has 1 N–H and O–H groups in total. The van der Waals surface area contributed by atoms with Gasteiger partial charge in [-0.2, -0.15) is 13.2 Å². The smallest absolute Gasteiger partial charge is 0.325 e. The molecule has 1 saturated heterocycles. The zero-order valence-corrected chi connectivity index (χ0v) is 12.8. The minimum absolute atomic E-state index is 0.0934. The molecule has 0 unspecified atom stereocenters. The van der Waals surface area contributed by atoms with Crippen molar-refractivity contribution in [3.63, 3.8) is 0 Å². The standard InChI is InChI=1S/C14H17ClF3N3O/c1-20-4-6-21(7-5-20)9-13(22)19-10-2-3-12(15)11(8-10)14(16,17)18/h2-3,8H,4-7,9H2,1H3,(H,19,22). The molecular weight excluding hydrogens is 319 g/mol. The summed E-state index contributed by atoms with van der Waals surface area (Å²) in [5.41, 5.74) is -0.859. The number of rotatable bonds is 3. The Labute approximate surface area is 131 Å². The Balaban J connectivity index is 1.97. The Morgan fingerprint density at radius 2 is 1.91 bits per heavy atom. The van der Waals surface area contributed by atoms with Crippen LogP contribution in [-0.2, 0) is 11.0 Å². The molecule has 1 aliphatic rings. The first-order chi connectivity index (χ1) is 10.3. The number of amides is 1. The number of halogens is 4. The van der Waals surface area contributed by atoms with E-state index in [-0.39, 0.29) is 23.2 Å². The number of nitrogens with zero attached hydrogens (tertiary/aromatic N) is 2. The second-order valence-corrected chi connectivity index (χ2v) is 5.73. The summed E-state index contributed by atoms with van der Waals surface area (Å²) in [6.07, 6.45) is -4.55. The predicted molar refractivity (Wildman–Crippen MR) is 79.0 cm³/mol. The fourth-order valence-corrected chi connectivity index (χ4v) is 2.45. The van der Waals surface area contributed by atoms with E-state index in [9.17, 15) is 18.0 Å². The third-order valence-corrected chi connectivity index (χ3v) is 3.85. The first kappa shape index (κ1) is 17.1. The molecule has 1 aromatic rings. The van der Waals surface area contributed by atoms with Crippen LogP contribution in [0.25, 0.3) is 0 Å². The van der Waals surface area contributed by atoms with Crippen LogP contribution in [0.4, 0.5) is 18.9 Å². The number of hydrogen-bond donors (Lipinski definition) is 1. The van der Waals surface area contributed by atoms with Gasteiger partial charge in [0.1, 0.15) is 0 Å². The zero-order valence-electron chi connectivity index (χ0n) is 12.1. The molecule has 1 aliphatic heterocycles. The van der Waals surface area contributed by atoms with Gasteiger partial charge in [-0.05, 0) is 25.2 Å². The van der Waals surface area contributed by atoms with E-state index in [0.717, 1.165) is 38.3 Å². The van der Waals surface area contributed by atoms with Gasteiger partial charge in [0.25, 0.3) is 0 Å². The summed E-state index contributed by atoms with van der Waals surface area (Å²) in [6, 6.07) is 3.35. The molecule has 1 aromatic carbocycles. The van der Waals surface area contributed by atoms with E-state index in [0.29, 0.717) is 0 Å². The summed E-state index contributed by atoms with van der Waals surface area (Å²) >= 11 is 5.54. The van der Waals surface area contributed by atoms with Crippen molar-refractivity contribution in [2.75, 3.05) is 45.1 Å². The van der Waals surface area contributed by atoms with Crippen LogP contribution in [-0.4, -0.2) is 55.5 Å². The molecule has 122 valence electrons. The van der Waals surface area contributed by atoms with E-state index in [4.69, 9.17) is 11.6 Å². The molecule has 0 radical (unpaired) electrons. The van der Waals surface area contributed by atoms with Gasteiger partial charge in [-0.1, -0.05) is 11.6 Å². The maximum atomic E-state index is 12.8. The van der Waals surface area contributed by atoms with Crippen LogP contribution >= 0.6 is 11.6 Å². The van der Waals surface area contributed by atoms with Gasteiger partial charge in [0.2, 0.25) is 5.91 Å². The maximum absolute atomic E-state index is 12.8. The summed E-state index contributed by atoms with van der Waals surface area (Å²) in [7, 11) is 2.00. The number of nitrogens with one attached hydrogen (secondary N) is 1. The quantitative estimate of drug-likeness (QED) is 0.922. The lowest BCUT2D eigenvalue weighted by Gasteiger charge is -2.31. The summed E-state index contributed by atoms with van der Waals surface area (Å²) < 4.78 is 38.3. The topological polar surface area (TPSA) is 35.6 Å². The second kappa shape index (κ2) is 6.85. The first-order valence-electron chi connectivity index (χ1n) is 6.83. The van der Waals surface area contributed by atoms with E-state index < -0.39 is 11.7 Å². The average Bonchev–Trinajstić information content (AvgIpc) is 2.42. The van der Waals surface area contributed by atoms with Crippen LogP contribution in [0, 0.1) is 0 Å². The Bertz CT molecular complexity index is 543. The molecule has 2 rings (SSSR count). The number of hydrogen-bond acceptors (Lipinski definition) is 3. The van der Waals surface area contributed by atoms with Crippen molar-refractivity contribution in [2.24, 2.45) is 0 Å². The fraction of sp³-hybridized carbons (Fsp3) is 0.500. The molecule has 0 aliphatic carbocycles. The maximum Gasteiger partial charge on any atom is 0.417 e. The Morgan fingerprint density at radius 1 is 1.27 bits per heavy atom. The van der Waals surface area contributed by atoms with Crippen molar-refractivity contribution < 1.29 is 18.0 Å². The highest BCUT2D eigenvalue weighted by Crippen LogP contribution is 2.36. The number of alkyl halides is 3. The summed E-state index contributed by atoms with van der Waals surface area (Å²) in [6.45, 7) is 3.42. The lowest BCUT2D eigenvalue weighted by Crippen LogP contribution is -2.47. The van der Waals surface area contributed by atoms with Crippen LogP contribution < -0.4 is 5.32 Å². The number of carbonyl (C=O) groups is 1. The Hall–Kier alpha value is -1.31. The summed E-state index contributed by atoms with van der Waals surface area (Å²) in [5, 5.41) is 2.10. The van der Waals surface area contributed by atoms with Gasteiger partial charge in [-0.15, -0.1) is 0 Å². The lowest BCUT2D eigenvalue weighted by molar-refractivity contribution is -0.137. The molecule has 1 amide bonds. The highest BCUT2D eigenvalue weighted by Gasteiger charge is 2.33. The Morgan fingerprint density at radius 3 is 2.50 bits per heavy atom. The van der Waals surface area contributed by atoms with Gasteiger partial charge in [0, 0.05) is 31.9 Å². The largest absolute Gasteiger partial charge is 0.417 e. The van der Waals surface area contributed by atoms with Gasteiger partial charge in [0.15, 0.2) is 0 Å². The number of carbonyl (C=O) groups excluding carboxylic acids is 1. The van der Waals surface area contributed by atoms with E-state index >= 15 is 0 Å². The van der Waals surface area contributed by atoms with Gasteiger partial charge in [-0.25, -0.2) is 0 Å². The second-order valence-electron chi connectivity index (χ2n) is 5.32. The molecular formula is C14H17ClF3N3O. The first-order valence-corrected chi connectivity index (χ1v) is 7.21. The minimum atomic E-state index is -4.55. The van der Waals surface area contributed by atoms with E-state index in [1.807, 2.05) is 11.9 Å². The van der Waals surface area contributed by atoms with Gasteiger partial charge >= 0.3 is 6.18 Å². The van der Waals surface area contributed by atoms with Crippen molar-refractivity contribution in [3.8, 4) is 0 Å². The summed E-state index contributed by atoms with van der Waals surface area (Å²) in [4.78, 5) is 16.1. The molecule has 22 heavy (non-hydrogen) atoms. The molecule has 4 nitrogen and oxygen atoms in total. The van der Waals surface area contributed by atoms with Crippen LogP contribution in [0.1, 0.15) is 5.56 Å². The van der Waals surface area contributed by atoms with E-state index in [1.54, 1.807) is 0 Å². The number of benzene rings is 1. The molecule has 1 heterocycles. The number of likely N-dealkylation sites (N-methyl/N-ethyl adjacent to an activating group) is 1. The summed E-state index contributed by atoms with van der Waals surface area (Å²) in [5.74, 6) is -0.333. The SMILES string of the molecule is CN1CCN(CC(=O)Nc2ccc(Cl)c(C(F)(F)F)c2)CC1. The Kier molecular flexibility index (Phi) is 5.31. The van der Waals surface area contributed by atoms with Crippen LogP contribution in [0.3, 0.4) is 0 Å². The van der Waals surface area contributed by atoms with Gasteiger partial charge < -0.3 is 10.2 Å². The minimum Gasteiger partial charge on any atom is -0.325 e. The monoisotopic (exact) mass is 335 g/mol. The number of anilines is 1. The predicted octanol–water partition coefficient (Wildman–Crippen LogP) is 2.54. The zero-order chi connectivity index (χ0) is 16.3. The van der Waals surface area contributed by atoms with Crippen molar-refractivity contribution in [1.82, 2.24) is 9.80 Å². The molecule has 0 saturated carbocycles. The van der Waals surface area contributed by atoms with Gasteiger partial charge in [0.05, 0.1) is 17.1 Å². The molecule has 1 fully saturated rings. The normalized spacial score (nSPS) is 17.5. The highest BCUT2D eigenvalue weighted by atomic mass is 35.5. The molecule has 0 aromatic heterocycles. The lowest BCUT2D eigenvalue weighted by atomic mass is 10.2. The average molecular weight is 336 g/mol.